The van der Waals surface area contributed by atoms with Gasteiger partial charge in [-0.1, -0.05) is 12.2 Å². The molecule has 0 radical (unpaired) electrons. The zero-order valence-electron chi connectivity index (χ0n) is 15.3. The van der Waals surface area contributed by atoms with Gasteiger partial charge in [0.05, 0.1) is 26.2 Å². The van der Waals surface area contributed by atoms with Crippen molar-refractivity contribution >= 4 is 12.1 Å². The van der Waals surface area contributed by atoms with Gasteiger partial charge >= 0.3 is 12.1 Å². The third-order valence-corrected chi connectivity index (χ3v) is 3.82. The molecule has 1 saturated heterocycles. The Morgan fingerprint density at radius 1 is 1.39 bits per heavy atom. The number of carbonyl (C=O) groups excluding carboxylic acids is 2. The number of carbonyl (C=O) groups is 2. The van der Waals surface area contributed by atoms with Gasteiger partial charge in [0, 0.05) is 5.92 Å². The van der Waals surface area contributed by atoms with E-state index in [0.29, 0.717) is 6.61 Å². The van der Waals surface area contributed by atoms with Crippen molar-refractivity contribution < 1.29 is 23.8 Å². The van der Waals surface area contributed by atoms with E-state index < -0.39 is 17.4 Å². The third kappa shape index (κ3) is 4.96. The van der Waals surface area contributed by atoms with Crippen molar-refractivity contribution in [3.8, 4) is 0 Å². The second-order valence-electron chi connectivity index (χ2n) is 7.41. The van der Waals surface area contributed by atoms with E-state index in [1.165, 1.54) is 7.11 Å². The van der Waals surface area contributed by atoms with Crippen LogP contribution in [-0.4, -0.2) is 48.0 Å². The molecule has 0 saturated carbocycles. The normalized spacial score (nSPS) is 21.7. The third-order valence-electron chi connectivity index (χ3n) is 3.82. The van der Waals surface area contributed by atoms with E-state index in [1.807, 2.05) is 41.5 Å². The molecule has 1 fully saturated rings. The second-order valence-corrected chi connectivity index (χ2v) is 7.41. The average molecular weight is 327 g/mol. The van der Waals surface area contributed by atoms with Gasteiger partial charge in [0.2, 0.25) is 0 Å². The van der Waals surface area contributed by atoms with Crippen LogP contribution in [0, 0.1) is 5.92 Å². The van der Waals surface area contributed by atoms with Gasteiger partial charge in [0.25, 0.3) is 0 Å². The molecule has 0 aromatic heterocycles. The number of methoxy groups -OCH3 is 1. The Kier molecular flexibility index (Phi) is 5.85. The molecule has 0 N–H and O–H groups in total. The molecule has 132 valence electrons. The lowest BCUT2D eigenvalue weighted by atomic mass is 9.89. The zero-order valence-corrected chi connectivity index (χ0v) is 15.3. The summed E-state index contributed by atoms with van der Waals surface area (Å²) in [7, 11) is 1.35. The lowest BCUT2D eigenvalue weighted by molar-refractivity contribution is -0.142. The maximum Gasteiger partial charge on any atom is 0.412 e. The summed E-state index contributed by atoms with van der Waals surface area (Å²) < 4.78 is 16.1. The van der Waals surface area contributed by atoms with Gasteiger partial charge in [-0.2, -0.15) is 0 Å². The molecular weight excluding hydrogens is 298 g/mol. The van der Waals surface area contributed by atoms with E-state index >= 15 is 0 Å². The molecule has 6 heteroatoms. The summed E-state index contributed by atoms with van der Waals surface area (Å²) in [6, 6.07) is -0.323. The Bertz CT molecular complexity index is 478. The smallest absolute Gasteiger partial charge is 0.412 e. The lowest BCUT2D eigenvalue weighted by Gasteiger charge is -2.37. The van der Waals surface area contributed by atoms with Crippen LogP contribution in [0.4, 0.5) is 4.79 Å². The van der Waals surface area contributed by atoms with E-state index in [9.17, 15) is 9.59 Å². The number of rotatable bonds is 4. The van der Waals surface area contributed by atoms with Crippen molar-refractivity contribution in [1.29, 1.82) is 0 Å². The predicted molar refractivity (Wildman–Crippen MR) is 86.8 cm³/mol. The molecular formula is C17H29NO5. The fourth-order valence-electron chi connectivity index (χ4n) is 2.70. The largest absolute Gasteiger partial charge is 0.469 e. The predicted octanol–water partition coefficient (Wildman–Crippen LogP) is 3.11. The van der Waals surface area contributed by atoms with E-state index in [0.717, 1.165) is 5.57 Å². The van der Waals surface area contributed by atoms with Crippen LogP contribution in [0.5, 0.6) is 0 Å². The Morgan fingerprint density at radius 2 is 1.96 bits per heavy atom. The summed E-state index contributed by atoms with van der Waals surface area (Å²) in [5, 5.41) is 0. The molecule has 2 atom stereocenters. The number of hydrogen-bond donors (Lipinski definition) is 0. The first-order valence-corrected chi connectivity index (χ1v) is 7.77. The highest BCUT2D eigenvalue weighted by Gasteiger charge is 2.49. The minimum absolute atomic E-state index is 0.148. The van der Waals surface area contributed by atoms with Gasteiger partial charge in [0.1, 0.15) is 11.3 Å². The highest BCUT2D eigenvalue weighted by atomic mass is 16.6. The van der Waals surface area contributed by atoms with Gasteiger partial charge < -0.3 is 14.2 Å². The van der Waals surface area contributed by atoms with Gasteiger partial charge in [0.15, 0.2) is 0 Å². The van der Waals surface area contributed by atoms with Crippen LogP contribution in [0.3, 0.4) is 0 Å². The van der Waals surface area contributed by atoms with Crippen molar-refractivity contribution in [2.75, 3.05) is 13.7 Å². The molecule has 0 aromatic carbocycles. The SMILES string of the molecule is C=C(C)[C@H](CC(=O)OC)[C@H]1COC(C)(C)N1C(=O)OC(C)(C)C. The van der Waals surface area contributed by atoms with Crippen molar-refractivity contribution in [3.05, 3.63) is 12.2 Å². The van der Waals surface area contributed by atoms with E-state index in [1.54, 1.807) is 4.90 Å². The molecule has 1 amide bonds. The maximum absolute atomic E-state index is 12.6. The molecule has 6 nitrogen and oxygen atoms in total. The van der Waals surface area contributed by atoms with Crippen molar-refractivity contribution in [2.45, 2.75) is 65.3 Å². The molecule has 1 aliphatic heterocycles. The molecule has 0 bridgehead atoms. The van der Waals surface area contributed by atoms with Crippen LogP contribution in [0.1, 0.15) is 48.0 Å². The molecule has 23 heavy (non-hydrogen) atoms. The first-order chi connectivity index (χ1) is 10.4. The Morgan fingerprint density at radius 3 is 2.39 bits per heavy atom. The molecule has 1 rings (SSSR count). The van der Waals surface area contributed by atoms with E-state index in [2.05, 4.69) is 6.58 Å². The minimum Gasteiger partial charge on any atom is -0.469 e. The number of nitrogens with zero attached hydrogens (tertiary/aromatic N) is 1. The van der Waals surface area contributed by atoms with Crippen LogP contribution in [-0.2, 0) is 19.0 Å². The van der Waals surface area contributed by atoms with Gasteiger partial charge in [-0.15, -0.1) is 0 Å². The van der Waals surface area contributed by atoms with Gasteiger partial charge in [-0.25, -0.2) is 4.79 Å². The summed E-state index contributed by atoms with van der Waals surface area (Å²) in [5.74, 6) is -0.594. The zero-order chi connectivity index (χ0) is 18.0. The summed E-state index contributed by atoms with van der Waals surface area (Å²) in [6.45, 7) is 15.2. The van der Waals surface area contributed by atoms with E-state index in [-0.39, 0.29) is 24.3 Å². The first-order valence-electron chi connectivity index (χ1n) is 7.77. The summed E-state index contributed by atoms with van der Waals surface area (Å²) in [4.78, 5) is 25.9. The standard InChI is InChI=1S/C17H29NO5/c1-11(2)12(9-14(19)21-8)13-10-22-17(6,7)18(13)15(20)23-16(3,4)5/h12-13H,1,9-10H2,2-8H3/t12-,13+/m0/s1. The van der Waals surface area contributed by atoms with Crippen molar-refractivity contribution in [3.63, 3.8) is 0 Å². The first kappa shape index (κ1) is 19.5. The monoisotopic (exact) mass is 327 g/mol. The minimum atomic E-state index is -0.809. The Balaban J connectivity index is 3.08. The second kappa shape index (κ2) is 6.91. The molecule has 0 aromatic rings. The Labute approximate surface area is 138 Å². The van der Waals surface area contributed by atoms with Crippen molar-refractivity contribution in [1.82, 2.24) is 4.90 Å². The summed E-state index contributed by atoms with van der Waals surface area (Å²) in [6.07, 6.45) is -0.309. The average Bonchev–Trinajstić information content (AvgIpc) is 2.68. The summed E-state index contributed by atoms with van der Waals surface area (Å²) in [5.41, 5.74) is -0.617. The fraction of sp³-hybridized carbons (Fsp3) is 0.765. The van der Waals surface area contributed by atoms with Crippen LogP contribution in [0.25, 0.3) is 0 Å². The summed E-state index contributed by atoms with van der Waals surface area (Å²) >= 11 is 0. The molecule has 0 unspecified atom stereocenters. The Hall–Kier alpha value is -1.56. The fourth-order valence-corrected chi connectivity index (χ4v) is 2.70. The molecule has 0 spiro atoms. The highest BCUT2D eigenvalue weighted by Crippen LogP contribution is 2.36. The number of ether oxygens (including phenoxy) is 3. The number of amides is 1. The van der Waals surface area contributed by atoms with Crippen LogP contribution >= 0.6 is 0 Å². The number of esters is 1. The molecule has 1 aliphatic rings. The topological polar surface area (TPSA) is 65.1 Å². The van der Waals surface area contributed by atoms with E-state index in [4.69, 9.17) is 14.2 Å². The van der Waals surface area contributed by atoms with Crippen LogP contribution in [0.2, 0.25) is 0 Å². The van der Waals surface area contributed by atoms with Gasteiger partial charge in [-0.3, -0.25) is 9.69 Å². The lowest BCUT2D eigenvalue weighted by Crippen LogP contribution is -2.52. The van der Waals surface area contributed by atoms with Gasteiger partial charge in [-0.05, 0) is 41.5 Å². The van der Waals surface area contributed by atoms with Crippen LogP contribution in [0.15, 0.2) is 12.2 Å². The quantitative estimate of drug-likeness (QED) is 0.586. The molecule has 0 aliphatic carbocycles. The van der Waals surface area contributed by atoms with Crippen LogP contribution < -0.4 is 0 Å². The van der Waals surface area contributed by atoms with Crippen molar-refractivity contribution in [2.24, 2.45) is 5.92 Å². The number of hydrogen-bond acceptors (Lipinski definition) is 5. The highest BCUT2D eigenvalue weighted by molar-refractivity contribution is 5.72. The maximum atomic E-state index is 12.6. The molecule has 1 heterocycles.